The lowest BCUT2D eigenvalue weighted by molar-refractivity contribution is -0.384. The molecule has 25 heavy (non-hydrogen) atoms. The van der Waals surface area contributed by atoms with Crippen LogP contribution in [-0.4, -0.2) is 29.4 Å². The minimum absolute atomic E-state index is 0.00555. The third kappa shape index (κ3) is 1.50. The number of nitro benzene ring substituents is 1. The summed E-state index contributed by atoms with van der Waals surface area (Å²) in [5.41, 5.74) is 3.75. The van der Waals surface area contributed by atoms with E-state index in [1.807, 2.05) is 0 Å². The molecule has 2 N–H and O–H groups in total. The van der Waals surface area contributed by atoms with Crippen LogP contribution in [0.15, 0.2) is 29.3 Å². The molecule has 3 aliphatic rings. The van der Waals surface area contributed by atoms with E-state index >= 15 is 0 Å². The van der Waals surface area contributed by atoms with E-state index in [4.69, 9.17) is 15.2 Å². The molecule has 1 aliphatic carbocycles. The smallest absolute Gasteiger partial charge is 0.293 e. The summed E-state index contributed by atoms with van der Waals surface area (Å²) in [6.45, 7) is 2.01. The Morgan fingerprint density at radius 2 is 2.04 bits per heavy atom. The Hall–Kier alpha value is -3.01. The van der Waals surface area contributed by atoms with Crippen molar-refractivity contribution in [3.8, 4) is 12.1 Å². The summed E-state index contributed by atoms with van der Waals surface area (Å²) < 4.78 is 11.5. The van der Waals surface area contributed by atoms with Gasteiger partial charge in [0.2, 0.25) is 0 Å². The normalized spacial score (nSPS) is 40.8. The molecule has 2 aliphatic heterocycles. The first-order valence-electron chi connectivity index (χ1n) is 7.63. The number of nitrogens with two attached hydrogens (primary N) is 1. The van der Waals surface area contributed by atoms with Crippen LogP contribution in [0.3, 0.4) is 0 Å². The Morgan fingerprint density at radius 3 is 2.52 bits per heavy atom. The molecule has 126 valence electrons. The topological polar surface area (TPSA) is 148 Å². The molecular formula is C16H13N5O4. The van der Waals surface area contributed by atoms with Crippen LogP contribution >= 0.6 is 0 Å². The standard InChI is InChI=1S/C16H13N5O4/c1-9-6-24-16(25-9)15(8-18)12(14(15,7-17)13(19)20-16)10-2-4-11(5-3-10)21(22)23/h2-5,9,12H,6H2,1H3,(H2,19,20)/t9-,12+,14+,15+,16+/m0/s1. The highest BCUT2D eigenvalue weighted by Crippen LogP contribution is 2.82. The lowest BCUT2D eigenvalue weighted by atomic mass is 9.94. The van der Waals surface area contributed by atoms with Crippen LogP contribution in [0, 0.1) is 43.6 Å². The lowest BCUT2D eigenvalue weighted by Crippen LogP contribution is -2.39. The van der Waals surface area contributed by atoms with Gasteiger partial charge in [0.25, 0.3) is 11.6 Å². The predicted octanol–water partition coefficient (Wildman–Crippen LogP) is 1.17. The summed E-state index contributed by atoms with van der Waals surface area (Å²) in [6, 6.07) is 10.0. The van der Waals surface area contributed by atoms with Gasteiger partial charge >= 0.3 is 0 Å². The van der Waals surface area contributed by atoms with E-state index in [0.717, 1.165) is 0 Å². The molecule has 9 nitrogen and oxygen atoms in total. The number of ether oxygens (including phenoxy) is 2. The van der Waals surface area contributed by atoms with Gasteiger partial charge in [-0.2, -0.15) is 10.5 Å². The van der Waals surface area contributed by atoms with E-state index in [2.05, 4.69) is 17.1 Å². The number of fused-ring (bicyclic) bond motifs is 2. The van der Waals surface area contributed by atoms with E-state index in [1.165, 1.54) is 24.3 Å². The van der Waals surface area contributed by atoms with Crippen molar-refractivity contribution in [1.29, 1.82) is 10.5 Å². The summed E-state index contributed by atoms with van der Waals surface area (Å²) in [6.07, 6.45) is -0.297. The summed E-state index contributed by atoms with van der Waals surface area (Å²) in [5, 5.41) is 30.7. The number of hydrogen-bond donors (Lipinski definition) is 1. The Bertz CT molecular complexity index is 901. The number of benzene rings is 1. The van der Waals surface area contributed by atoms with E-state index in [0.29, 0.717) is 5.56 Å². The van der Waals surface area contributed by atoms with E-state index in [9.17, 15) is 20.6 Å². The maximum Gasteiger partial charge on any atom is 0.293 e. The van der Waals surface area contributed by atoms with Gasteiger partial charge in [-0.1, -0.05) is 12.1 Å². The molecule has 0 aromatic heterocycles. The molecular weight excluding hydrogens is 326 g/mol. The molecule has 1 aromatic carbocycles. The SMILES string of the molecule is C[C@H]1CO[C@@]2(N=C(N)[C@@]3(C#N)[C@@H](c4ccc([N+](=O)[O-])cc4)[C@@]23C#N)O1. The van der Waals surface area contributed by atoms with Crippen LogP contribution in [0.5, 0.6) is 0 Å². The Morgan fingerprint density at radius 1 is 1.36 bits per heavy atom. The van der Waals surface area contributed by atoms with Crippen LogP contribution in [0.1, 0.15) is 18.4 Å². The van der Waals surface area contributed by atoms with Gasteiger partial charge in [-0.3, -0.25) is 10.1 Å². The van der Waals surface area contributed by atoms with Crippen LogP contribution in [0.25, 0.3) is 0 Å². The van der Waals surface area contributed by atoms with Crippen LogP contribution in [-0.2, 0) is 9.47 Å². The highest BCUT2D eigenvalue weighted by molar-refractivity contribution is 6.00. The second kappa shape index (κ2) is 4.54. The molecule has 0 unspecified atom stereocenters. The fourth-order valence-corrected chi connectivity index (χ4v) is 4.15. The average Bonchev–Trinajstić information content (AvgIpc) is 2.99. The van der Waals surface area contributed by atoms with E-state index in [-0.39, 0.29) is 24.2 Å². The highest BCUT2D eigenvalue weighted by Gasteiger charge is 2.94. The number of nitrogens with zero attached hydrogens (tertiary/aromatic N) is 4. The minimum Gasteiger partial charge on any atom is -0.386 e. The number of rotatable bonds is 2. The molecule has 0 bridgehead atoms. The van der Waals surface area contributed by atoms with Crippen LogP contribution in [0.2, 0.25) is 0 Å². The average molecular weight is 339 g/mol. The number of nitro groups is 1. The zero-order chi connectivity index (χ0) is 18.0. The molecule has 2 fully saturated rings. The summed E-state index contributed by atoms with van der Waals surface area (Å²) in [5.74, 6) is -2.26. The van der Waals surface area contributed by atoms with Gasteiger partial charge in [-0.15, -0.1) is 0 Å². The maximum absolute atomic E-state index is 10.8. The van der Waals surface area contributed by atoms with Crippen molar-refractivity contribution in [3.05, 3.63) is 39.9 Å². The molecule has 9 heteroatoms. The number of aliphatic imine (C=N–C) groups is 1. The minimum atomic E-state index is -1.62. The van der Waals surface area contributed by atoms with Crippen molar-refractivity contribution in [3.63, 3.8) is 0 Å². The number of amidine groups is 1. The first kappa shape index (κ1) is 15.5. The highest BCUT2D eigenvalue weighted by atomic mass is 16.8. The molecule has 1 spiro atoms. The molecule has 1 saturated carbocycles. The fourth-order valence-electron chi connectivity index (χ4n) is 4.15. The molecule has 0 radical (unpaired) electrons. The van der Waals surface area contributed by atoms with Crippen molar-refractivity contribution in [2.45, 2.75) is 24.9 Å². The monoisotopic (exact) mass is 339 g/mol. The summed E-state index contributed by atoms with van der Waals surface area (Å²) in [4.78, 5) is 14.5. The zero-order valence-corrected chi connectivity index (χ0v) is 13.2. The molecule has 0 amide bonds. The van der Waals surface area contributed by atoms with Crippen molar-refractivity contribution in [2.75, 3.05) is 6.61 Å². The van der Waals surface area contributed by atoms with E-state index < -0.39 is 27.6 Å². The summed E-state index contributed by atoms with van der Waals surface area (Å²) >= 11 is 0. The number of hydrogen-bond acceptors (Lipinski definition) is 8. The van der Waals surface area contributed by atoms with Crippen LogP contribution < -0.4 is 5.73 Å². The molecule has 4 rings (SSSR count). The quantitative estimate of drug-likeness (QED) is 0.628. The Balaban J connectivity index is 1.85. The van der Waals surface area contributed by atoms with Crippen molar-refractivity contribution in [1.82, 2.24) is 0 Å². The first-order chi connectivity index (χ1) is 11.9. The largest absolute Gasteiger partial charge is 0.386 e. The van der Waals surface area contributed by atoms with Gasteiger partial charge in [-0.05, 0) is 12.5 Å². The first-order valence-corrected chi connectivity index (χ1v) is 7.63. The van der Waals surface area contributed by atoms with Gasteiger partial charge in [0.05, 0.1) is 29.8 Å². The molecule has 1 aromatic rings. The van der Waals surface area contributed by atoms with Crippen molar-refractivity contribution < 1.29 is 14.4 Å². The van der Waals surface area contributed by atoms with Crippen LogP contribution in [0.4, 0.5) is 5.69 Å². The second-order valence-electron chi connectivity index (χ2n) is 6.44. The third-order valence-corrected chi connectivity index (χ3v) is 5.24. The summed E-state index contributed by atoms with van der Waals surface area (Å²) in [7, 11) is 0. The van der Waals surface area contributed by atoms with Gasteiger partial charge in [0.15, 0.2) is 5.41 Å². The van der Waals surface area contributed by atoms with Gasteiger partial charge in [0, 0.05) is 18.1 Å². The zero-order valence-electron chi connectivity index (χ0n) is 13.2. The maximum atomic E-state index is 10.8. The lowest BCUT2D eigenvalue weighted by Gasteiger charge is -2.26. The Kier molecular flexibility index (Phi) is 2.82. The number of nitriles is 2. The predicted molar refractivity (Wildman–Crippen MR) is 82.8 cm³/mol. The second-order valence-corrected chi connectivity index (χ2v) is 6.44. The van der Waals surface area contributed by atoms with Crippen molar-refractivity contribution >= 4 is 11.5 Å². The van der Waals surface area contributed by atoms with Gasteiger partial charge in [-0.25, -0.2) is 4.99 Å². The third-order valence-electron chi connectivity index (χ3n) is 5.24. The molecule has 2 heterocycles. The van der Waals surface area contributed by atoms with Gasteiger partial charge < -0.3 is 15.2 Å². The Labute approximate surface area is 142 Å². The number of non-ortho nitro benzene ring substituents is 1. The van der Waals surface area contributed by atoms with Crippen molar-refractivity contribution in [2.24, 2.45) is 21.6 Å². The van der Waals surface area contributed by atoms with E-state index in [1.54, 1.807) is 6.92 Å². The molecule has 5 atom stereocenters. The fraction of sp³-hybridized carbons (Fsp3) is 0.438. The van der Waals surface area contributed by atoms with Gasteiger partial charge in [0.1, 0.15) is 11.3 Å². The molecule has 1 saturated heterocycles.